The molecule has 0 unspecified atom stereocenters. The van der Waals surface area contributed by atoms with Crippen molar-refractivity contribution in [3.05, 3.63) is 45.9 Å². The number of piperidine rings is 1. The molecule has 8 heteroatoms. The van der Waals surface area contributed by atoms with E-state index in [0.717, 1.165) is 5.69 Å². The molecule has 1 amide bonds. The van der Waals surface area contributed by atoms with E-state index in [1.807, 2.05) is 11.8 Å². The molecule has 150 valence electrons. The Morgan fingerprint density at radius 3 is 2.68 bits per heavy atom. The third-order valence-corrected chi connectivity index (χ3v) is 5.22. The van der Waals surface area contributed by atoms with Crippen molar-refractivity contribution in [1.82, 2.24) is 24.6 Å². The fourth-order valence-corrected chi connectivity index (χ4v) is 3.60. The van der Waals surface area contributed by atoms with E-state index in [1.54, 1.807) is 24.1 Å². The van der Waals surface area contributed by atoms with Crippen LogP contribution >= 0.6 is 0 Å². The fourth-order valence-electron chi connectivity index (χ4n) is 3.60. The van der Waals surface area contributed by atoms with Crippen LogP contribution in [0.15, 0.2) is 23.3 Å². The number of amides is 1. The van der Waals surface area contributed by atoms with Crippen molar-refractivity contribution >= 4 is 11.7 Å². The molecule has 1 saturated heterocycles. The normalized spacial score (nSPS) is 15.0. The lowest BCUT2D eigenvalue weighted by atomic mass is 9.90. The smallest absolute Gasteiger partial charge is 0.251 e. The minimum atomic E-state index is -0.145. The number of aromatic nitrogens is 4. The first kappa shape index (κ1) is 20.0. The van der Waals surface area contributed by atoms with Crippen molar-refractivity contribution in [3.8, 4) is 0 Å². The van der Waals surface area contributed by atoms with Crippen LogP contribution in [0.2, 0.25) is 0 Å². The molecule has 8 nitrogen and oxygen atoms in total. The Kier molecular flexibility index (Phi) is 6.38. The minimum absolute atomic E-state index is 0.0423. The summed E-state index contributed by atoms with van der Waals surface area (Å²) in [5.74, 6) is 0.810. The maximum Gasteiger partial charge on any atom is 0.251 e. The zero-order valence-electron chi connectivity index (χ0n) is 16.5. The van der Waals surface area contributed by atoms with E-state index >= 15 is 0 Å². The van der Waals surface area contributed by atoms with Gasteiger partial charge in [0.05, 0.1) is 11.8 Å². The van der Waals surface area contributed by atoms with E-state index in [0.29, 0.717) is 63.0 Å². The molecule has 1 N–H and O–H groups in total. The van der Waals surface area contributed by atoms with Gasteiger partial charge in [-0.2, -0.15) is 5.10 Å². The molecule has 3 rings (SSSR count). The molecule has 2 aromatic rings. The van der Waals surface area contributed by atoms with Gasteiger partial charge in [-0.1, -0.05) is 6.92 Å². The maximum atomic E-state index is 12.5. The van der Waals surface area contributed by atoms with Crippen LogP contribution in [-0.4, -0.2) is 49.4 Å². The predicted molar refractivity (Wildman–Crippen MR) is 104 cm³/mol. The Morgan fingerprint density at radius 2 is 2.04 bits per heavy atom. The zero-order valence-corrected chi connectivity index (χ0v) is 16.5. The summed E-state index contributed by atoms with van der Waals surface area (Å²) in [4.78, 5) is 45.5. The highest BCUT2D eigenvalue weighted by Crippen LogP contribution is 2.22. The highest BCUT2D eigenvalue weighted by molar-refractivity contribution is 5.97. The molecule has 1 fully saturated rings. The predicted octanol–water partition coefficient (Wildman–Crippen LogP) is 1.51. The first-order valence-electron chi connectivity index (χ1n) is 9.86. The first-order chi connectivity index (χ1) is 13.5. The minimum Gasteiger partial charge on any atom is -0.343 e. The first-order valence-corrected chi connectivity index (χ1v) is 9.86. The van der Waals surface area contributed by atoms with Gasteiger partial charge in [-0.05, 0) is 25.7 Å². The molecular weight excluding hydrogens is 358 g/mol. The summed E-state index contributed by atoms with van der Waals surface area (Å²) < 4.78 is 1.63. The number of aromatic amines is 1. The molecular formula is C20H27N5O3. The summed E-state index contributed by atoms with van der Waals surface area (Å²) in [5.41, 5.74) is 1.27. The number of Topliss-reactive ketones (excluding diaryl/α,β-unsaturated/α-hetero) is 1. The number of rotatable bonds is 7. The van der Waals surface area contributed by atoms with Gasteiger partial charge in [0.15, 0.2) is 5.78 Å². The van der Waals surface area contributed by atoms with E-state index < -0.39 is 0 Å². The van der Waals surface area contributed by atoms with Crippen LogP contribution in [-0.2, 0) is 24.7 Å². The Hall–Kier alpha value is -2.77. The van der Waals surface area contributed by atoms with E-state index in [9.17, 15) is 14.4 Å². The molecule has 0 radical (unpaired) electrons. The number of carbonyl (C=O) groups is 2. The molecule has 0 spiro atoms. The largest absolute Gasteiger partial charge is 0.343 e. The van der Waals surface area contributed by atoms with Crippen LogP contribution in [0.1, 0.15) is 54.5 Å². The SMILES string of the molecule is CCc1cc(=O)[nH]c(CCCC(=O)N2CCC(C(=O)c3cnn(C)c3)CC2)n1. The molecule has 0 atom stereocenters. The van der Waals surface area contributed by atoms with Gasteiger partial charge >= 0.3 is 0 Å². The van der Waals surface area contributed by atoms with Gasteiger partial charge in [-0.3, -0.25) is 19.1 Å². The van der Waals surface area contributed by atoms with Crippen LogP contribution in [0.4, 0.5) is 0 Å². The second-order valence-electron chi connectivity index (χ2n) is 7.31. The monoisotopic (exact) mass is 385 g/mol. The number of nitrogens with zero attached hydrogens (tertiary/aromatic N) is 4. The van der Waals surface area contributed by atoms with Gasteiger partial charge < -0.3 is 9.88 Å². The standard InChI is InChI=1S/C20H27N5O3/c1-3-16-11-18(26)23-17(22-16)5-4-6-19(27)25-9-7-14(8-10-25)20(28)15-12-21-24(2)13-15/h11-14H,3-10H2,1-2H3,(H,22,23,26). The fraction of sp³-hybridized carbons (Fsp3) is 0.550. The number of H-pyrrole nitrogens is 1. The quantitative estimate of drug-likeness (QED) is 0.728. The summed E-state index contributed by atoms with van der Waals surface area (Å²) >= 11 is 0. The zero-order chi connectivity index (χ0) is 20.1. The number of nitrogens with one attached hydrogen (secondary N) is 1. The molecule has 1 aliphatic rings. The number of hydrogen-bond acceptors (Lipinski definition) is 5. The average molecular weight is 385 g/mol. The van der Waals surface area contributed by atoms with Crippen LogP contribution in [0.25, 0.3) is 0 Å². The Labute approximate surface area is 164 Å². The van der Waals surface area contributed by atoms with Gasteiger partial charge in [0.2, 0.25) is 5.91 Å². The second kappa shape index (κ2) is 8.95. The summed E-state index contributed by atoms with van der Waals surface area (Å²) in [6.07, 6.45) is 7.06. The Morgan fingerprint density at radius 1 is 1.29 bits per heavy atom. The molecule has 0 bridgehead atoms. The van der Waals surface area contributed by atoms with E-state index in [4.69, 9.17) is 0 Å². The van der Waals surface area contributed by atoms with Gasteiger partial charge in [0.25, 0.3) is 5.56 Å². The molecule has 0 saturated carbocycles. The average Bonchev–Trinajstić information content (AvgIpc) is 3.13. The van der Waals surface area contributed by atoms with E-state index in [-0.39, 0.29) is 23.2 Å². The highest BCUT2D eigenvalue weighted by atomic mass is 16.2. The third kappa shape index (κ3) is 4.94. The van der Waals surface area contributed by atoms with Crippen molar-refractivity contribution in [2.24, 2.45) is 13.0 Å². The van der Waals surface area contributed by atoms with Crippen molar-refractivity contribution in [2.75, 3.05) is 13.1 Å². The van der Waals surface area contributed by atoms with Crippen molar-refractivity contribution < 1.29 is 9.59 Å². The molecule has 0 aromatic carbocycles. The van der Waals surface area contributed by atoms with Crippen LogP contribution in [0.5, 0.6) is 0 Å². The van der Waals surface area contributed by atoms with Crippen molar-refractivity contribution in [2.45, 2.75) is 45.4 Å². The maximum absolute atomic E-state index is 12.5. The molecule has 0 aliphatic carbocycles. The van der Waals surface area contributed by atoms with Gasteiger partial charge in [0.1, 0.15) is 5.82 Å². The lowest BCUT2D eigenvalue weighted by Crippen LogP contribution is -2.40. The second-order valence-corrected chi connectivity index (χ2v) is 7.31. The summed E-state index contributed by atoms with van der Waals surface area (Å²) in [6, 6.07) is 1.51. The van der Waals surface area contributed by atoms with Crippen LogP contribution in [0.3, 0.4) is 0 Å². The Bertz CT molecular complexity index is 893. The Balaban J connectivity index is 1.44. The number of ketones is 1. The van der Waals surface area contributed by atoms with Gasteiger partial charge in [-0.25, -0.2) is 4.98 Å². The lowest BCUT2D eigenvalue weighted by Gasteiger charge is -2.31. The number of carbonyl (C=O) groups excluding carboxylic acids is 2. The number of aryl methyl sites for hydroxylation is 3. The summed E-state index contributed by atoms with van der Waals surface area (Å²) in [7, 11) is 1.79. The number of hydrogen-bond donors (Lipinski definition) is 1. The van der Waals surface area contributed by atoms with Crippen molar-refractivity contribution in [1.29, 1.82) is 0 Å². The highest BCUT2D eigenvalue weighted by Gasteiger charge is 2.28. The van der Waals surface area contributed by atoms with E-state index in [2.05, 4.69) is 15.1 Å². The van der Waals surface area contributed by atoms with Gasteiger partial charge in [-0.15, -0.1) is 0 Å². The topological polar surface area (TPSA) is 101 Å². The van der Waals surface area contributed by atoms with Gasteiger partial charge in [0, 0.05) is 56.9 Å². The third-order valence-electron chi connectivity index (χ3n) is 5.22. The number of likely N-dealkylation sites (tertiary alicyclic amines) is 1. The summed E-state index contributed by atoms with van der Waals surface area (Å²) in [5, 5.41) is 4.05. The molecule has 28 heavy (non-hydrogen) atoms. The lowest BCUT2D eigenvalue weighted by molar-refractivity contribution is -0.132. The van der Waals surface area contributed by atoms with E-state index in [1.165, 1.54) is 6.07 Å². The summed E-state index contributed by atoms with van der Waals surface area (Å²) in [6.45, 7) is 3.17. The molecule has 2 aromatic heterocycles. The van der Waals surface area contributed by atoms with Crippen LogP contribution < -0.4 is 5.56 Å². The van der Waals surface area contributed by atoms with Crippen molar-refractivity contribution in [3.63, 3.8) is 0 Å². The van der Waals surface area contributed by atoms with Crippen LogP contribution in [0, 0.1) is 5.92 Å². The molecule has 3 heterocycles. The molecule has 1 aliphatic heterocycles.